The van der Waals surface area contributed by atoms with Crippen LogP contribution in [-0.2, 0) is 0 Å². The summed E-state index contributed by atoms with van der Waals surface area (Å²) in [5.74, 6) is -4.55. The number of benzene rings is 2. The van der Waals surface area contributed by atoms with Crippen molar-refractivity contribution in [2.45, 2.75) is 21.8 Å². The smallest absolute Gasteiger partial charge is 0.337 e. The normalized spacial score (nSPS) is 8.40. The summed E-state index contributed by atoms with van der Waals surface area (Å²) in [6, 6.07) is 8.82. The molecule has 2 aromatic carbocycles. The Morgan fingerprint density at radius 1 is 0.733 bits per heavy atom. The van der Waals surface area contributed by atoms with Crippen LogP contribution in [0.5, 0.6) is 0 Å². The van der Waals surface area contributed by atoms with Crippen LogP contribution in [0.15, 0.2) is 36.4 Å². The van der Waals surface area contributed by atoms with Gasteiger partial charge in [-0.05, 0) is 48.9 Å². The van der Waals surface area contributed by atoms with E-state index >= 15 is 0 Å². The van der Waals surface area contributed by atoms with Crippen LogP contribution in [0.4, 0.5) is 4.70 Å². The molecule has 0 aliphatic rings. The first kappa shape index (κ1) is 30.5. The number of nitrogens with zero attached hydrogens (tertiary/aromatic N) is 1. The lowest BCUT2D eigenvalue weighted by atomic mass is 10.1. The highest BCUT2D eigenvalue weighted by Crippen LogP contribution is 2.12. The lowest BCUT2D eigenvalue weighted by Crippen LogP contribution is -2.03. The molecule has 0 saturated carbocycles. The largest absolute Gasteiger partial charge is 0.478 e. The Morgan fingerprint density at radius 2 is 1.13 bits per heavy atom. The van der Waals surface area contributed by atoms with E-state index in [1.807, 2.05) is 0 Å². The van der Waals surface area contributed by atoms with Gasteiger partial charge in [0.2, 0.25) is 0 Å². The zero-order valence-electron chi connectivity index (χ0n) is 14.2. The van der Waals surface area contributed by atoms with E-state index in [1.54, 1.807) is 13.0 Å². The van der Waals surface area contributed by atoms with Gasteiger partial charge in [0.05, 0.1) is 27.8 Å². The fourth-order valence-electron chi connectivity index (χ4n) is 1.99. The van der Waals surface area contributed by atoms with Crippen LogP contribution in [0.2, 0.25) is 0 Å². The highest BCUT2D eigenvalue weighted by atomic mass is 19.0. The zero-order chi connectivity index (χ0) is 20.7. The van der Waals surface area contributed by atoms with Crippen LogP contribution in [0.25, 0.3) is 0 Å². The van der Waals surface area contributed by atoms with Crippen LogP contribution in [-0.4, -0.2) is 44.3 Å². The monoisotopic (exact) mass is 423 g/mol. The molecule has 2 aromatic rings. The van der Waals surface area contributed by atoms with Gasteiger partial charge in [-0.15, -0.1) is 0 Å². The first-order valence-electron chi connectivity index (χ1n) is 7.16. The molecule has 0 heterocycles. The Labute approximate surface area is 171 Å². The van der Waals surface area contributed by atoms with Gasteiger partial charge in [-0.1, -0.05) is 14.9 Å². The third-order valence-corrected chi connectivity index (χ3v) is 3.32. The molecule has 0 atom stereocenters. The summed E-state index contributed by atoms with van der Waals surface area (Å²) in [6.07, 6.45) is 0. The average Bonchev–Trinajstić information content (AvgIpc) is 2.60. The first-order valence-corrected chi connectivity index (χ1v) is 7.16. The highest BCUT2D eigenvalue weighted by molar-refractivity contribution is 5.94. The highest BCUT2D eigenvalue weighted by Gasteiger charge is 2.12. The van der Waals surface area contributed by atoms with E-state index < -0.39 is 23.9 Å². The van der Waals surface area contributed by atoms with Crippen LogP contribution in [0, 0.1) is 18.3 Å². The molecule has 9 nitrogen and oxygen atoms in total. The second-order valence-electron chi connectivity index (χ2n) is 5.12. The van der Waals surface area contributed by atoms with Gasteiger partial charge in [-0.3, -0.25) is 4.70 Å². The molecule has 4 N–H and O–H groups in total. The van der Waals surface area contributed by atoms with E-state index in [-0.39, 0.29) is 47.4 Å². The van der Waals surface area contributed by atoms with Gasteiger partial charge < -0.3 is 20.4 Å². The topological polar surface area (TPSA) is 173 Å². The molecule has 0 amide bonds. The van der Waals surface area contributed by atoms with Crippen molar-refractivity contribution in [1.82, 2.24) is 0 Å². The van der Waals surface area contributed by atoms with Crippen molar-refractivity contribution in [3.05, 3.63) is 69.8 Å². The third-order valence-electron chi connectivity index (χ3n) is 3.32. The molecule has 0 unspecified atom stereocenters. The molecule has 162 valence electrons. The zero-order valence-corrected chi connectivity index (χ0v) is 14.2. The van der Waals surface area contributed by atoms with E-state index in [9.17, 15) is 19.2 Å². The van der Waals surface area contributed by atoms with Crippen molar-refractivity contribution in [1.29, 1.82) is 5.26 Å². The van der Waals surface area contributed by atoms with Crippen molar-refractivity contribution in [3.8, 4) is 6.07 Å². The second-order valence-corrected chi connectivity index (χ2v) is 5.12. The maximum atomic E-state index is 10.6. The number of carbonyl (C=O) groups is 4. The summed E-state index contributed by atoms with van der Waals surface area (Å²) in [7, 11) is 0. The maximum absolute atomic E-state index is 10.6. The van der Waals surface area contributed by atoms with E-state index in [1.165, 1.54) is 18.2 Å². The Bertz CT molecular complexity index is 979. The van der Waals surface area contributed by atoms with Gasteiger partial charge in [0.1, 0.15) is 6.07 Å². The predicted octanol–water partition coefficient (Wildman–Crippen LogP) is 3.77. The SMILES string of the molecule is C.C.Cc1cc(C(=O)O)ccc1C(=O)O.F.N#Cc1cc(C(=O)O)ccc1C(=O)O. The average molecular weight is 423 g/mol. The molecule has 0 aromatic heterocycles. The summed E-state index contributed by atoms with van der Waals surface area (Å²) in [4.78, 5) is 42.1. The third kappa shape index (κ3) is 7.77. The molecule has 0 bridgehead atoms. The number of aryl methyl sites for hydroxylation is 1. The second kappa shape index (κ2) is 13.0. The molecule has 2 rings (SSSR count). The van der Waals surface area contributed by atoms with Crippen molar-refractivity contribution in [2.75, 3.05) is 0 Å². The van der Waals surface area contributed by atoms with Crippen LogP contribution in [0.3, 0.4) is 0 Å². The van der Waals surface area contributed by atoms with E-state index in [0.29, 0.717) is 5.56 Å². The van der Waals surface area contributed by atoms with Crippen LogP contribution >= 0.6 is 0 Å². The first-order chi connectivity index (χ1) is 12.6. The summed E-state index contributed by atoms with van der Waals surface area (Å²) >= 11 is 0. The summed E-state index contributed by atoms with van der Waals surface area (Å²) < 4.78 is 0. The number of aromatic carboxylic acids is 4. The number of hydrogen-bond acceptors (Lipinski definition) is 5. The Hall–Kier alpha value is -4.26. The molecule has 0 spiro atoms. The van der Waals surface area contributed by atoms with Crippen molar-refractivity contribution >= 4 is 23.9 Å². The summed E-state index contributed by atoms with van der Waals surface area (Å²) in [5.41, 5.74) is 0.223. The van der Waals surface area contributed by atoms with Gasteiger partial charge >= 0.3 is 23.9 Å². The molecular formula is C20H22FNO8. The molecule has 30 heavy (non-hydrogen) atoms. The molecule has 0 aliphatic heterocycles. The molecule has 0 fully saturated rings. The fourth-order valence-corrected chi connectivity index (χ4v) is 1.99. The lowest BCUT2D eigenvalue weighted by Gasteiger charge is -2.01. The fraction of sp³-hybridized carbons (Fsp3) is 0.150. The minimum Gasteiger partial charge on any atom is -0.478 e. The summed E-state index contributed by atoms with van der Waals surface area (Å²) in [6.45, 7) is 1.57. The van der Waals surface area contributed by atoms with Gasteiger partial charge in [-0.25, -0.2) is 19.2 Å². The van der Waals surface area contributed by atoms with E-state index in [2.05, 4.69) is 0 Å². The number of hydrogen-bond donors (Lipinski definition) is 4. The minimum absolute atomic E-state index is 0. The Balaban J connectivity index is -0.000000443. The maximum Gasteiger partial charge on any atom is 0.337 e. The molecular weight excluding hydrogens is 401 g/mol. The Morgan fingerprint density at radius 3 is 1.47 bits per heavy atom. The molecule has 0 radical (unpaired) electrons. The quantitative estimate of drug-likeness (QED) is 0.570. The Kier molecular flexibility index (Phi) is 13.2. The minimum atomic E-state index is -1.25. The van der Waals surface area contributed by atoms with Gasteiger partial charge in [0, 0.05) is 0 Å². The number of rotatable bonds is 4. The van der Waals surface area contributed by atoms with Crippen LogP contribution < -0.4 is 0 Å². The lowest BCUT2D eigenvalue weighted by molar-refractivity contribution is 0.0680. The van der Waals surface area contributed by atoms with E-state index in [4.69, 9.17) is 25.7 Å². The van der Waals surface area contributed by atoms with Gasteiger partial charge in [0.15, 0.2) is 0 Å². The molecule has 10 heteroatoms. The number of nitriles is 1. The molecule has 0 aliphatic carbocycles. The number of carboxylic acids is 4. The van der Waals surface area contributed by atoms with Gasteiger partial charge in [-0.2, -0.15) is 5.26 Å². The van der Waals surface area contributed by atoms with Crippen molar-refractivity contribution in [2.24, 2.45) is 0 Å². The van der Waals surface area contributed by atoms with Crippen molar-refractivity contribution < 1.29 is 44.3 Å². The van der Waals surface area contributed by atoms with Crippen LogP contribution in [0.1, 0.15) is 67.4 Å². The standard InChI is InChI=1S/C9H5NO4.C9H8O4.2CH4.FH/c10-4-6-3-5(8(11)12)1-2-7(6)9(13)14;1-5-4-6(8(10)11)2-3-7(5)9(12)13;;;/h1-3H,(H,11,12)(H,13,14);2-4H,1H3,(H,10,11)(H,12,13);2*1H4;1H. The number of halogens is 1. The predicted molar refractivity (Wildman–Crippen MR) is 106 cm³/mol. The number of carboxylic acid groups (broad SMARTS) is 4. The summed E-state index contributed by atoms with van der Waals surface area (Å²) in [5, 5.41) is 43.0. The van der Waals surface area contributed by atoms with E-state index in [0.717, 1.165) is 18.2 Å². The van der Waals surface area contributed by atoms with Gasteiger partial charge in [0.25, 0.3) is 0 Å². The van der Waals surface area contributed by atoms with Crippen molar-refractivity contribution in [3.63, 3.8) is 0 Å². The molecule has 0 saturated heterocycles.